The van der Waals surface area contributed by atoms with Crippen molar-refractivity contribution < 1.29 is 4.42 Å². The molecule has 1 saturated heterocycles. The minimum absolute atomic E-state index is 0.400. The number of fused-ring (bicyclic) bond motifs is 1. The first-order valence-corrected chi connectivity index (χ1v) is 9.15. The van der Waals surface area contributed by atoms with Crippen LogP contribution in [0.3, 0.4) is 0 Å². The van der Waals surface area contributed by atoms with Gasteiger partial charge in [-0.2, -0.15) is 5.10 Å². The molecular weight excluding hydrogens is 340 g/mol. The molecule has 7 heteroatoms. The van der Waals surface area contributed by atoms with Crippen LogP contribution in [0, 0.1) is 0 Å². The molecule has 1 fully saturated rings. The van der Waals surface area contributed by atoms with Crippen molar-refractivity contribution in [2.75, 3.05) is 18.8 Å². The number of piperidine rings is 1. The highest BCUT2D eigenvalue weighted by Crippen LogP contribution is 2.35. The highest BCUT2D eigenvalue weighted by atomic mass is 16.3. The lowest BCUT2D eigenvalue weighted by molar-refractivity contribution is 0.453. The average Bonchev–Trinajstić information content (AvgIpc) is 3.36. The van der Waals surface area contributed by atoms with E-state index in [1.54, 1.807) is 6.20 Å². The van der Waals surface area contributed by atoms with Gasteiger partial charge >= 0.3 is 0 Å². The monoisotopic (exact) mass is 360 g/mol. The first-order valence-electron chi connectivity index (χ1n) is 9.15. The van der Waals surface area contributed by atoms with Crippen LogP contribution in [-0.2, 0) is 0 Å². The molecule has 0 saturated carbocycles. The molecule has 3 aromatic heterocycles. The summed E-state index contributed by atoms with van der Waals surface area (Å²) in [6.07, 6.45) is 5.84. The Balaban J connectivity index is 1.57. The third kappa shape index (κ3) is 2.86. The Bertz CT molecular complexity index is 1060. The van der Waals surface area contributed by atoms with Gasteiger partial charge in [-0.15, -0.1) is 0 Å². The summed E-state index contributed by atoms with van der Waals surface area (Å²) in [5, 5.41) is 10.9. The van der Waals surface area contributed by atoms with Gasteiger partial charge in [0.05, 0.1) is 11.8 Å². The minimum Gasteiger partial charge on any atom is -0.436 e. The molecule has 4 aromatic rings. The van der Waals surface area contributed by atoms with E-state index in [0.29, 0.717) is 23.2 Å². The summed E-state index contributed by atoms with van der Waals surface area (Å²) in [5.74, 6) is 1.35. The second-order valence-corrected chi connectivity index (χ2v) is 6.87. The highest BCUT2D eigenvalue weighted by molar-refractivity contribution is 5.81. The zero-order valence-corrected chi connectivity index (χ0v) is 14.8. The first kappa shape index (κ1) is 16.0. The fourth-order valence-electron chi connectivity index (χ4n) is 3.73. The Hall–Kier alpha value is -3.19. The maximum absolute atomic E-state index is 6.13. The smallest absolute Gasteiger partial charge is 0.231 e. The third-order valence-electron chi connectivity index (χ3n) is 5.17. The lowest BCUT2D eigenvalue weighted by atomic mass is 9.90. The van der Waals surface area contributed by atoms with Crippen LogP contribution in [0.5, 0.6) is 0 Å². The Morgan fingerprint density at radius 3 is 2.78 bits per heavy atom. The number of aromatic amines is 1. The van der Waals surface area contributed by atoms with Crippen molar-refractivity contribution in [1.82, 2.24) is 25.5 Å². The summed E-state index contributed by atoms with van der Waals surface area (Å²) < 4.78 is 5.89. The zero-order chi connectivity index (χ0) is 18.2. The summed E-state index contributed by atoms with van der Waals surface area (Å²) in [6.45, 7) is 2.05. The van der Waals surface area contributed by atoms with Crippen LogP contribution in [0.2, 0.25) is 0 Å². The molecule has 0 aliphatic carbocycles. The Morgan fingerprint density at radius 2 is 1.93 bits per heavy atom. The predicted molar refractivity (Wildman–Crippen MR) is 104 cm³/mol. The van der Waals surface area contributed by atoms with Crippen LogP contribution in [0.1, 0.15) is 24.5 Å². The number of nitrogen functional groups attached to an aromatic ring is 1. The predicted octanol–water partition coefficient (Wildman–Crippen LogP) is 3.33. The summed E-state index contributed by atoms with van der Waals surface area (Å²) >= 11 is 0. The van der Waals surface area contributed by atoms with E-state index in [1.807, 2.05) is 36.5 Å². The van der Waals surface area contributed by atoms with Crippen LogP contribution < -0.4 is 11.1 Å². The molecule has 136 valence electrons. The summed E-state index contributed by atoms with van der Waals surface area (Å²) in [5.41, 5.74) is 11.5. The van der Waals surface area contributed by atoms with Crippen molar-refractivity contribution >= 4 is 16.9 Å². The molecule has 0 bridgehead atoms. The van der Waals surface area contributed by atoms with Crippen molar-refractivity contribution in [3.8, 4) is 22.6 Å². The number of hydrogen-bond acceptors (Lipinski definition) is 6. The van der Waals surface area contributed by atoms with Gasteiger partial charge in [0.25, 0.3) is 0 Å². The van der Waals surface area contributed by atoms with Gasteiger partial charge in [0.2, 0.25) is 5.89 Å². The number of anilines is 1. The van der Waals surface area contributed by atoms with E-state index < -0.39 is 0 Å². The van der Waals surface area contributed by atoms with Gasteiger partial charge < -0.3 is 15.5 Å². The van der Waals surface area contributed by atoms with Gasteiger partial charge in [-0.1, -0.05) is 12.1 Å². The van der Waals surface area contributed by atoms with E-state index in [9.17, 15) is 0 Å². The maximum Gasteiger partial charge on any atom is 0.231 e. The molecule has 7 nitrogen and oxygen atoms in total. The number of nitrogens with two attached hydrogens (primary N) is 1. The summed E-state index contributed by atoms with van der Waals surface area (Å²) in [4.78, 5) is 8.95. The van der Waals surface area contributed by atoms with E-state index >= 15 is 0 Å². The number of benzene rings is 1. The highest BCUT2D eigenvalue weighted by Gasteiger charge is 2.22. The zero-order valence-electron chi connectivity index (χ0n) is 14.8. The lowest BCUT2D eigenvalue weighted by Gasteiger charge is -2.22. The van der Waals surface area contributed by atoms with E-state index in [-0.39, 0.29) is 0 Å². The standard InChI is InChI=1S/C20H20N6O/c21-19-14(20-25-16-3-1-2-4-17(16)27-20)9-13(10-23-19)15-11-24-26-18(15)12-5-7-22-8-6-12/h1-4,9-12,22H,5-8H2,(H2,21,23)(H,24,26). The van der Waals surface area contributed by atoms with Gasteiger partial charge in [-0.05, 0) is 44.1 Å². The molecular formula is C20H20N6O. The fourth-order valence-corrected chi connectivity index (χ4v) is 3.73. The van der Waals surface area contributed by atoms with Crippen LogP contribution in [-0.4, -0.2) is 33.3 Å². The van der Waals surface area contributed by atoms with Crippen molar-refractivity contribution in [3.63, 3.8) is 0 Å². The average molecular weight is 360 g/mol. The van der Waals surface area contributed by atoms with Gasteiger partial charge in [-0.25, -0.2) is 9.97 Å². The SMILES string of the molecule is Nc1ncc(-c2cn[nH]c2C2CCNCC2)cc1-c1nc2ccccc2o1. The van der Waals surface area contributed by atoms with Crippen LogP contribution in [0.25, 0.3) is 33.7 Å². The normalized spacial score (nSPS) is 15.4. The number of para-hydroxylation sites is 2. The molecule has 0 radical (unpaired) electrons. The van der Waals surface area contributed by atoms with Crippen LogP contribution in [0.4, 0.5) is 5.82 Å². The van der Waals surface area contributed by atoms with Crippen molar-refractivity contribution in [1.29, 1.82) is 0 Å². The Morgan fingerprint density at radius 1 is 1.07 bits per heavy atom. The van der Waals surface area contributed by atoms with Crippen LogP contribution in [0.15, 0.2) is 47.1 Å². The van der Waals surface area contributed by atoms with E-state index in [2.05, 4.69) is 25.5 Å². The van der Waals surface area contributed by atoms with E-state index in [4.69, 9.17) is 10.2 Å². The molecule has 4 N–H and O–H groups in total. The number of pyridine rings is 1. The third-order valence-corrected chi connectivity index (χ3v) is 5.17. The number of nitrogens with one attached hydrogen (secondary N) is 2. The quantitative estimate of drug-likeness (QED) is 0.517. The molecule has 0 unspecified atom stereocenters. The topological polar surface area (TPSA) is 106 Å². The number of rotatable bonds is 3. The molecule has 1 aliphatic rings. The Labute approximate surface area is 156 Å². The van der Waals surface area contributed by atoms with Gasteiger partial charge in [0, 0.05) is 28.9 Å². The van der Waals surface area contributed by atoms with Gasteiger partial charge in [0.1, 0.15) is 11.3 Å². The van der Waals surface area contributed by atoms with E-state index in [0.717, 1.165) is 53.9 Å². The van der Waals surface area contributed by atoms with Crippen molar-refractivity contribution in [2.24, 2.45) is 0 Å². The summed E-state index contributed by atoms with van der Waals surface area (Å²) in [6, 6.07) is 9.66. The molecule has 0 amide bonds. The lowest BCUT2D eigenvalue weighted by Crippen LogP contribution is -2.27. The van der Waals surface area contributed by atoms with Crippen LogP contribution >= 0.6 is 0 Å². The van der Waals surface area contributed by atoms with E-state index in [1.165, 1.54) is 0 Å². The molecule has 1 aliphatic heterocycles. The largest absolute Gasteiger partial charge is 0.436 e. The molecule has 1 aromatic carbocycles. The van der Waals surface area contributed by atoms with Gasteiger partial charge in [-0.3, -0.25) is 5.10 Å². The molecule has 27 heavy (non-hydrogen) atoms. The number of oxazole rings is 1. The maximum atomic E-state index is 6.13. The molecule has 0 atom stereocenters. The minimum atomic E-state index is 0.400. The number of H-pyrrole nitrogens is 1. The second-order valence-electron chi connectivity index (χ2n) is 6.87. The number of aromatic nitrogens is 4. The van der Waals surface area contributed by atoms with Crippen molar-refractivity contribution in [3.05, 3.63) is 48.4 Å². The molecule has 0 spiro atoms. The number of hydrogen-bond donors (Lipinski definition) is 3. The van der Waals surface area contributed by atoms with Crippen molar-refractivity contribution in [2.45, 2.75) is 18.8 Å². The molecule has 5 rings (SSSR count). The molecule has 4 heterocycles. The summed E-state index contributed by atoms with van der Waals surface area (Å²) in [7, 11) is 0. The fraction of sp³-hybridized carbons (Fsp3) is 0.250. The first-order chi connectivity index (χ1) is 13.3. The number of nitrogens with zero attached hydrogens (tertiary/aromatic N) is 3. The van der Waals surface area contributed by atoms with Gasteiger partial charge in [0.15, 0.2) is 5.58 Å². The second kappa shape index (κ2) is 6.51. The Kier molecular flexibility index (Phi) is 3.86.